The van der Waals surface area contributed by atoms with Crippen LogP contribution in [0.25, 0.3) is 0 Å². The van der Waals surface area contributed by atoms with E-state index in [4.69, 9.17) is 9.47 Å². The van der Waals surface area contributed by atoms with Crippen LogP contribution >= 0.6 is 0 Å². The predicted molar refractivity (Wildman–Crippen MR) is 63.1 cm³/mol. The highest BCUT2D eigenvalue weighted by Gasteiger charge is 2.53. The molecule has 0 aliphatic heterocycles. The second-order valence-corrected chi connectivity index (χ2v) is 4.09. The molecule has 0 spiro atoms. The van der Waals surface area contributed by atoms with E-state index in [2.05, 4.69) is 6.58 Å². The van der Waals surface area contributed by atoms with Gasteiger partial charge in [-0.2, -0.15) is 0 Å². The lowest BCUT2D eigenvalue weighted by Gasteiger charge is -2.32. The van der Waals surface area contributed by atoms with Crippen LogP contribution in [0.3, 0.4) is 0 Å². The van der Waals surface area contributed by atoms with Crippen LogP contribution in [0.1, 0.15) is 19.3 Å². The largest absolute Gasteiger partial charge is 0.468 e. The molecular formula is C13H18O4. The Hall–Kier alpha value is -1.58. The van der Waals surface area contributed by atoms with Gasteiger partial charge in [-0.25, -0.2) is 0 Å². The van der Waals surface area contributed by atoms with Crippen LogP contribution in [-0.2, 0) is 19.1 Å². The minimum Gasteiger partial charge on any atom is -0.468 e. The lowest BCUT2D eigenvalue weighted by Crippen LogP contribution is -2.46. The number of carbonyl (C=O) groups excluding carboxylic acids is 2. The SMILES string of the molecule is C=CCC(C(=O)OC)(C(=O)OC)C1CC=CC1. The first-order valence-corrected chi connectivity index (χ1v) is 5.56. The van der Waals surface area contributed by atoms with Crippen LogP contribution in [0.4, 0.5) is 0 Å². The molecule has 0 bridgehead atoms. The lowest BCUT2D eigenvalue weighted by molar-refractivity contribution is -0.173. The minimum absolute atomic E-state index is 0.111. The summed E-state index contributed by atoms with van der Waals surface area (Å²) < 4.78 is 9.58. The van der Waals surface area contributed by atoms with Gasteiger partial charge in [-0.05, 0) is 25.2 Å². The van der Waals surface area contributed by atoms with E-state index in [9.17, 15) is 9.59 Å². The molecule has 0 aromatic rings. The summed E-state index contributed by atoms with van der Waals surface area (Å²) in [7, 11) is 2.57. The second-order valence-electron chi connectivity index (χ2n) is 4.09. The Morgan fingerprint density at radius 3 is 2.12 bits per heavy atom. The summed E-state index contributed by atoms with van der Waals surface area (Å²) >= 11 is 0. The average Bonchev–Trinajstić information content (AvgIpc) is 2.88. The highest BCUT2D eigenvalue weighted by atomic mass is 16.5. The third-order valence-electron chi connectivity index (χ3n) is 3.27. The smallest absolute Gasteiger partial charge is 0.323 e. The van der Waals surface area contributed by atoms with Gasteiger partial charge in [-0.15, -0.1) is 6.58 Å². The molecule has 0 radical (unpaired) electrons. The summed E-state index contributed by atoms with van der Waals surface area (Å²) in [6, 6.07) is 0. The third kappa shape index (κ3) is 2.25. The molecule has 1 aliphatic carbocycles. The fourth-order valence-electron chi connectivity index (χ4n) is 2.36. The highest BCUT2D eigenvalue weighted by Crippen LogP contribution is 2.42. The van der Waals surface area contributed by atoms with E-state index in [1.165, 1.54) is 14.2 Å². The van der Waals surface area contributed by atoms with E-state index in [0.717, 1.165) is 0 Å². The van der Waals surface area contributed by atoms with Crippen molar-refractivity contribution in [3.63, 3.8) is 0 Å². The second kappa shape index (κ2) is 5.66. The maximum atomic E-state index is 12.0. The van der Waals surface area contributed by atoms with Crippen LogP contribution < -0.4 is 0 Å². The number of carbonyl (C=O) groups is 2. The number of esters is 2. The maximum absolute atomic E-state index is 12.0. The molecule has 4 nitrogen and oxygen atoms in total. The van der Waals surface area contributed by atoms with Crippen molar-refractivity contribution in [2.75, 3.05) is 14.2 Å². The number of hydrogen-bond donors (Lipinski definition) is 0. The predicted octanol–water partition coefficient (Wildman–Crippen LogP) is 1.86. The summed E-state index contributed by atoms with van der Waals surface area (Å²) in [5, 5.41) is 0. The van der Waals surface area contributed by atoms with Gasteiger partial charge in [0.2, 0.25) is 0 Å². The fraction of sp³-hybridized carbons (Fsp3) is 0.538. The first kappa shape index (κ1) is 13.5. The van der Waals surface area contributed by atoms with Crippen molar-refractivity contribution in [2.24, 2.45) is 11.3 Å². The Kier molecular flexibility index (Phi) is 4.49. The maximum Gasteiger partial charge on any atom is 0.323 e. The summed E-state index contributed by atoms with van der Waals surface area (Å²) in [5.41, 5.74) is -1.26. The van der Waals surface area contributed by atoms with Crippen molar-refractivity contribution in [3.8, 4) is 0 Å². The van der Waals surface area contributed by atoms with Crippen LogP contribution in [0, 0.1) is 11.3 Å². The Labute approximate surface area is 101 Å². The van der Waals surface area contributed by atoms with Crippen molar-refractivity contribution >= 4 is 11.9 Å². The monoisotopic (exact) mass is 238 g/mol. The number of hydrogen-bond acceptors (Lipinski definition) is 4. The van der Waals surface area contributed by atoms with Gasteiger partial charge in [0.15, 0.2) is 5.41 Å². The van der Waals surface area contributed by atoms with E-state index in [-0.39, 0.29) is 12.3 Å². The molecule has 0 aromatic carbocycles. The fourth-order valence-corrected chi connectivity index (χ4v) is 2.36. The first-order valence-electron chi connectivity index (χ1n) is 5.56. The molecule has 0 fully saturated rings. The Bertz CT molecular complexity index is 319. The van der Waals surface area contributed by atoms with Gasteiger partial charge in [0.25, 0.3) is 0 Å². The molecule has 0 amide bonds. The lowest BCUT2D eigenvalue weighted by atomic mass is 9.71. The van der Waals surface area contributed by atoms with Crippen molar-refractivity contribution < 1.29 is 19.1 Å². The van der Waals surface area contributed by atoms with Gasteiger partial charge >= 0.3 is 11.9 Å². The zero-order chi connectivity index (χ0) is 12.9. The van der Waals surface area contributed by atoms with Gasteiger partial charge in [0.05, 0.1) is 14.2 Å². The normalized spacial score (nSPS) is 15.6. The number of rotatable bonds is 5. The van der Waals surface area contributed by atoms with Crippen LogP contribution in [0.15, 0.2) is 24.8 Å². The molecule has 4 heteroatoms. The van der Waals surface area contributed by atoms with Crippen molar-refractivity contribution in [1.29, 1.82) is 0 Å². The van der Waals surface area contributed by atoms with Crippen molar-refractivity contribution in [1.82, 2.24) is 0 Å². The molecule has 1 aliphatic rings. The van der Waals surface area contributed by atoms with Crippen molar-refractivity contribution in [2.45, 2.75) is 19.3 Å². The van der Waals surface area contributed by atoms with E-state index in [0.29, 0.717) is 12.8 Å². The van der Waals surface area contributed by atoms with E-state index in [1.807, 2.05) is 12.2 Å². The van der Waals surface area contributed by atoms with E-state index in [1.54, 1.807) is 6.08 Å². The summed E-state index contributed by atoms with van der Waals surface area (Å²) in [5.74, 6) is -1.20. The van der Waals surface area contributed by atoms with E-state index < -0.39 is 17.4 Å². The molecule has 1 rings (SSSR count). The van der Waals surface area contributed by atoms with Crippen LogP contribution in [-0.4, -0.2) is 26.2 Å². The molecule has 0 saturated carbocycles. The summed E-state index contributed by atoms with van der Waals surface area (Å²) in [4.78, 5) is 24.0. The van der Waals surface area contributed by atoms with Gasteiger partial charge in [0, 0.05) is 0 Å². The molecule has 0 heterocycles. The zero-order valence-electron chi connectivity index (χ0n) is 10.3. The summed E-state index contributed by atoms with van der Waals surface area (Å²) in [6.07, 6.45) is 7.09. The van der Waals surface area contributed by atoms with Crippen molar-refractivity contribution in [3.05, 3.63) is 24.8 Å². The van der Waals surface area contributed by atoms with Gasteiger partial charge in [0.1, 0.15) is 0 Å². The van der Waals surface area contributed by atoms with Crippen LogP contribution in [0.2, 0.25) is 0 Å². The number of allylic oxidation sites excluding steroid dienone is 3. The topological polar surface area (TPSA) is 52.6 Å². The molecule has 94 valence electrons. The molecule has 0 saturated heterocycles. The Morgan fingerprint density at radius 1 is 1.29 bits per heavy atom. The third-order valence-corrected chi connectivity index (χ3v) is 3.27. The Balaban J connectivity index is 3.13. The van der Waals surface area contributed by atoms with Gasteiger partial charge < -0.3 is 9.47 Å². The number of methoxy groups -OCH3 is 2. The zero-order valence-corrected chi connectivity index (χ0v) is 10.3. The molecule has 0 aromatic heterocycles. The first-order chi connectivity index (χ1) is 8.13. The Morgan fingerprint density at radius 2 is 1.76 bits per heavy atom. The molecular weight excluding hydrogens is 220 g/mol. The molecule has 0 atom stereocenters. The van der Waals surface area contributed by atoms with E-state index >= 15 is 0 Å². The standard InChI is InChI=1S/C13H18O4/c1-4-9-13(11(14)16-2,12(15)17-3)10-7-5-6-8-10/h4-6,10H,1,7-9H2,2-3H3. The number of ether oxygens (including phenoxy) is 2. The average molecular weight is 238 g/mol. The molecule has 0 N–H and O–H groups in total. The van der Waals surface area contributed by atoms with Gasteiger partial charge in [-0.3, -0.25) is 9.59 Å². The minimum atomic E-state index is -1.26. The summed E-state index contributed by atoms with van der Waals surface area (Å²) in [6.45, 7) is 3.61. The highest BCUT2D eigenvalue weighted by molar-refractivity contribution is 6.00. The molecule has 0 unspecified atom stereocenters. The molecule has 17 heavy (non-hydrogen) atoms. The van der Waals surface area contributed by atoms with Gasteiger partial charge in [-0.1, -0.05) is 18.2 Å². The van der Waals surface area contributed by atoms with Crippen LogP contribution in [0.5, 0.6) is 0 Å². The quantitative estimate of drug-likeness (QED) is 0.417.